The summed E-state index contributed by atoms with van der Waals surface area (Å²) in [6.45, 7) is 0. The maximum absolute atomic E-state index is 5.39. The Labute approximate surface area is 375 Å². The summed E-state index contributed by atoms with van der Waals surface area (Å²) in [5.41, 5.74) is 13.6. The minimum absolute atomic E-state index is 0.686. The molecule has 0 aliphatic carbocycles. The highest BCUT2D eigenvalue weighted by Crippen LogP contribution is 2.43. The van der Waals surface area contributed by atoms with Gasteiger partial charge in [-0.3, -0.25) is 0 Å². The van der Waals surface area contributed by atoms with Gasteiger partial charge in [0, 0.05) is 54.9 Å². The van der Waals surface area contributed by atoms with E-state index in [4.69, 9.17) is 15.0 Å². The summed E-state index contributed by atoms with van der Waals surface area (Å²) >= 11 is 0. The van der Waals surface area contributed by atoms with Crippen molar-refractivity contribution >= 4 is 65.0 Å². The summed E-state index contributed by atoms with van der Waals surface area (Å²) in [6, 6.07) is 82.1. The van der Waals surface area contributed by atoms with Crippen LogP contribution in [0.2, 0.25) is 0 Å². The zero-order valence-corrected chi connectivity index (χ0v) is 35.2. The third kappa shape index (κ3) is 6.26. The predicted octanol–water partition coefficient (Wildman–Crippen LogP) is 15.9. The molecule has 4 nitrogen and oxygen atoms in total. The molecule has 13 rings (SSSR count). The standard InChI is InChI=1S/C61H38N4/c1-2-19-49(20-3-1)65-56-24-11-9-22-51(56)59-57(65)34-33-52-58(59)50-21-8-10-23-53(50)62-60(52)48-18-12-17-45(37-48)41-25-29-42(30-26-41)61-63-54(46-31-27-39-13-4-6-15-43(39)35-46)38-55(64-61)47-32-28-40-14-5-7-16-44(40)36-47/h1-38H. The maximum Gasteiger partial charge on any atom is 0.160 e. The van der Waals surface area contributed by atoms with Crippen molar-refractivity contribution in [2.45, 2.75) is 0 Å². The van der Waals surface area contributed by atoms with Crippen molar-refractivity contribution in [3.63, 3.8) is 0 Å². The molecule has 3 aromatic heterocycles. The van der Waals surface area contributed by atoms with Crippen LogP contribution >= 0.6 is 0 Å². The minimum atomic E-state index is 0.686. The Morgan fingerprint density at radius 2 is 0.877 bits per heavy atom. The van der Waals surface area contributed by atoms with Gasteiger partial charge in [0.25, 0.3) is 0 Å². The molecular formula is C61H38N4. The second kappa shape index (κ2) is 15.0. The molecule has 302 valence electrons. The van der Waals surface area contributed by atoms with Crippen LogP contribution < -0.4 is 0 Å². The number of benzene rings is 10. The van der Waals surface area contributed by atoms with E-state index in [0.29, 0.717) is 5.82 Å². The molecule has 3 heterocycles. The van der Waals surface area contributed by atoms with Gasteiger partial charge in [-0.25, -0.2) is 15.0 Å². The normalized spacial score (nSPS) is 11.7. The fourth-order valence-electron chi connectivity index (χ4n) is 9.80. The zero-order chi connectivity index (χ0) is 42.8. The fourth-order valence-corrected chi connectivity index (χ4v) is 9.80. The van der Waals surface area contributed by atoms with Gasteiger partial charge in [0.2, 0.25) is 0 Å². The topological polar surface area (TPSA) is 43.6 Å². The van der Waals surface area contributed by atoms with Crippen LogP contribution in [0.1, 0.15) is 0 Å². The molecule has 0 fully saturated rings. The average molecular weight is 827 g/mol. The van der Waals surface area contributed by atoms with E-state index < -0.39 is 0 Å². The molecule has 0 saturated heterocycles. The van der Waals surface area contributed by atoms with Gasteiger partial charge in [-0.15, -0.1) is 0 Å². The molecule has 65 heavy (non-hydrogen) atoms. The first-order valence-corrected chi connectivity index (χ1v) is 22.1. The number of para-hydroxylation sites is 3. The summed E-state index contributed by atoms with van der Waals surface area (Å²) in [4.78, 5) is 15.8. The van der Waals surface area contributed by atoms with Crippen molar-refractivity contribution in [2.75, 3.05) is 0 Å². The number of pyridine rings is 1. The molecule has 0 atom stereocenters. The molecule has 0 amide bonds. The van der Waals surface area contributed by atoms with Gasteiger partial charge in [-0.05, 0) is 87.3 Å². The lowest BCUT2D eigenvalue weighted by Gasteiger charge is -2.14. The van der Waals surface area contributed by atoms with Crippen LogP contribution in [-0.4, -0.2) is 19.5 Å². The smallest absolute Gasteiger partial charge is 0.160 e. The Morgan fingerprint density at radius 3 is 1.60 bits per heavy atom. The number of rotatable bonds is 6. The van der Waals surface area contributed by atoms with E-state index >= 15 is 0 Å². The highest BCUT2D eigenvalue weighted by Gasteiger charge is 2.20. The second-order valence-corrected chi connectivity index (χ2v) is 16.8. The molecule has 10 aromatic carbocycles. The quantitative estimate of drug-likeness (QED) is 0.157. The number of fused-ring (bicyclic) bond motifs is 9. The van der Waals surface area contributed by atoms with E-state index in [0.717, 1.165) is 72.4 Å². The van der Waals surface area contributed by atoms with E-state index in [9.17, 15) is 0 Å². The summed E-state index contributed by atoms with van der Waals surface area (Å²) in [5.74, 6) is 0.686. The van der Waals surface area contributed by atoms with Crippen molar-refractivity contribution < 1.29 is 0 Å². The van der Waals surface area contributed by atoms with E-state index in [2.05, 4.69) is 235 Å². The molecule has 0 spiro atoms. The first kappa shape index (κ1) is 36.9. The van der Waals surface area contributed by atoms with Gasteiger partial charge in [-0.2, -0.15) is 0 Å². The van der Waals surface area contributed by atoms with E-state index in [-0.39, 0.29) is 0 Å². The van der Waals surface area contributed by atoms with Crippen LogP contribution in [0.3, 0.4) is 0 Å². The largest absolute Gasteiger partial charge is 0.309 e. The van der Waals surface area contributed by atoms with Crippen LogP contribution in [0.5, 0.6) is 0 Å². The lowest BCUT2D eigenvalue weighted by molar-refractivity contribution is 1.18. The van der Waals surface area contributed by atoms with Gasteiger partial charge in [0.1, 0.15) is 0 Å². The van der Waals surface area contributed by atoms with Crippen molar-refractivity contribution in [1.29, 1.82) is 0 Å². The van der Waals surface area contributed by atoms with Gasteiger partial charge >= 0.3 is 0 Å². The van der Waals surface area contributed by atoms with Gasteiger partial charge in [0.15, 0.2) is 5.82 Å². The van der Waals surface area contributed by atoms with E-state index in [1.54, 1.807) is 0 Å². The van der Waals surface area contributed by atoms with Crippen molar-refractivity contribution in [1.82, 2.24) is 19.5 Å². The number of aromatic nitrogens is 4. The fraction of sp³-hybridized carbons (Fsp3) is 0. The number of hydrogen-bond donors (Lipinski definition) is 0. The molecule has 0 unspecified atom stereocenters. The summed E-state index contributed by atoms with van der Waals surface area (Å²) in [5, 5.41) is 10.7. The van der Waals surface area contributed by atoms with Gasteiger partial charge < -0.3 is 4.57 Å². The minimum Gasteiger partial charge on any atom is -0.309 e. The van der Waals surface area contributed by atoms with Gasteiger partial charge in [0.05, 0.1) is 33.6 Å². The molecule has 13 aromatic rings. The molecular weight excluding hydrogens is 789 g/mol. The predicted molar refractivity (Wildman–Crippen MR) is 271 cm³/mol. The SMILES string of the molecule is c1ccc(-n2c3ccccc3c3c4c(ccc32)c(-c2cccc(-c3ccc(-c5nc(-c6ccc7ccccc7c6)cc(-c6ccc7ccccc7c6)n5)cc3)c2)nc2ccccc24)cc1. The molecule has 0 radical (unpaired) electrons. The maximum atomic E-state index is 5.39. The second-order valence-electron chi connectivity index (χ2n) is 16.8. The third-order valence-electron chi connectivity index (χ3n) is 12.9. The first-order valence-electron chi connectivity index (χ1n) is 22.1. The van der Waals surface area contributed by atoms with Crippen LogP contribution in [0.15, 0.2) is 231 Å². The van der Waals surface area contributed by atoms with Crippen LogP contribution in [0.25, 0.3) is 127 Å². The zero-order valence-electron chi connectivity index (χ0n) is 35.2. The molecule has 0 aliphatic heterocycles. The first-order chi connectivity index (χ1) is 32.2. The molecule has 0 saturated carbocycles. The Kier molecular flexibility index (Phi) is 8.50. The number of nitrogens with zero attached hydrogens (tertiary/aromatic N) is 4. The monoisotopic (exact) mass is 826 g/mol. The summed E-state index contributed by atoms with van der Waals surface area (Å²) in [7, 11) is 0. The highest BCUT2D eigenvalue weighted by molar-refractivity contribution is 6.29. The Bertz CT molecular complexity index is 3900. The van der Waals surface area contributed by atoms with Crippen LogP contribution in [-0.2, 0) is 0 Å². The lowest BCUT2D eigenvalue weighted by Crippen LogP contribution is -1.96. The van der Waals surface area contributed by atoms with Crippen LogP contribution in [0.4, 0.5) is 0 Å². The van der Waals surface area contributed by atoms with E-state index in [1.807, 2.05) is 0 Å². The highest BCUT2D eigenvalue weighted by atomic mass is 15.0. The van der Waals surface area contributed by atoms with Gasteiger partial charge in [-0.1, -0.05) is 176 Å². The van der Waals surface area contributed by atoms with Crippen molar-refractivity contribution in [3.05, 3.63) is 231 Å². The van der Waals surface area contributed by atoms with Crippen molar-refractivity contribution in [3.8, 4) is 62.0 Å². The molecule has 0 bridgehead atoms. The molecule has 0 aliphatic rings. The number of hydrogen-bond acceptors (Lipinski definition) is 3. The Balaban J connectivity index is 0.925. The summed E-state index contributed by atoms with van der Waals surface area (Å²) in [6.07, 6.45) is 0. The van der Waals surface area contributed by atoms with E-state index in [1.165, 1.54) is 48.7 Å². The summed E-state index contributed by atoms with van der Waals surface area (Å²) < 4.78 is 2.39. The molecule has 4 heteroatoms. The molecule has 0 N–H and O–H groups in total. The average Bonchev–Trinajstić information content (AvgIpc) is 3.73. The Morgan fingerprint density at radius 1 is 0.292 bits per heavy atom. The van der Waals surface area contributed by atoms with Crippen LogP contribution in [0, 0.1) is 0 Å². The van der Waals surface area contributed by atoms with Crippen molar-refractivity contribution in [2.24, 2.45) is 0 Å². The Hall–Kier alpha value is -8.73. The third-order valence-corrected chi connectivity index (χ3v) is 12.9. The lowest BCUT2D eigenvalue weighted by atomic mass is 9.94.